The van der Waals surface area contributed by atoms with Crippen LogP contribution in [0.25, 0.3) is 20.5 Å². The van der Waals surface area contributed by atoms with Crippen molar-refractivity contribution in [2.45, 2.75) is 6.92 Å². The number of carbonyl (C=O) groups is 1. The number of fused-ring (bicyclic) bond motifs is 1. The molecule has 0 radical (unpaired) electrons. The van der Waals surface area contributed by atoms with E-state index in [1.54, 1.807) is 24.5 Å². The molecular formula is C18H15NO3S. The Morgan fingerprint density at radius 2 is 2.17 bits per heavy atom. The lowest BCUT2D eigenvalue weighted by molar-refractivity contribution is -0.145. The minimum atomic E-state index is -0.457. The number of aromatic nitrogens is 1. The molecule has 0 aliphatic carbocycles. The highest BCUT2D eigenvalue weighted by Gasteiger charge is 2.07. The molecule has 0 atom stereocenters. The smallest absolute Gasteiger partial charge is 0.335 e. The number of hydrogen-bond acceptors (Lipinski definition) is 5. The first-order valence-corrected chi connectivity index (χ1v) is 7.84. The summed E-state index contributed by atoms with van der Waals surface area (Å²) in [6.07, 6.45) is 3.61. The van der Waals surface area contributed by atoms with Crippen molar-refractivity contribution in [2.24, 2.45) is 0 Å². The van der Waals surface area contributed by atoms with Crippen LogP contribution in [0.3, 0.4) is 0 Å². The van der Waals surface area contributed by atoms with E-state index in [9.17, 15) is 4.79 Å². The molecule has 116 valence electrons. The summed E-state index contributed by atoms with van der Waals surface area (Å²) in [5.74, 6) is 0.202. The Labute approximate surface area is 138 Å². The lowest BCUT2D eigenvalue weighted by Crippen LogP contribution is -2.10. The minimum absolute atomic E-state index is 0.127. The number of esters is 1. The third-order valence-corrected chi connectivity index (χ3v) is 4.35. The minimum Gasteiger partial charge on any atom is -0.457 e. The zero-order chi connectivity index (χ0) is 16.2. The number of nitrogens with zero attached hydrogens (tertiary/aromatic N) is 1. The van der Waals surface area contributed by atoms with E-state index in [1.807, 2.05) is 36.5 Å². The summed E-state index contributed by atoms with van der Waals surface area (Å²) in [4.78, 5) is 16.6. The molecule has 0 spiro atoms. The van der Waals surface area contributed by atoms with Gasteiger partial charge in [0, 0.05) is 33.1 Å². The second kappa shape index (κ2) is 6.62. The fourth-order valence-corrected chi connectivity index (χ4v) is 3.11. The van der Waals surface area contributed by atoms with Gasteiger partial charge in [-0.3, -0.25) is 4.98 Å². The maximum Gasteiger partial charge on any atom is 0.335 e. The van der Waals surface area contributed by atoms with E-state index in [4.69, 9.17) is 9.47 Å². The lowest BCUT2D eigenvalue weighted by Gasteiger charge is -2.07. The van der Waals surface area contributed by atoms with Gasteiger partial charge in [-0.1, -0.05) is 12.6 Å². The largest absolute Gasteiger partial charge is 0.457 e. The molecular weight excluding hydrogens is 310 g/mol. The molecule has 23 heavy (non-hydrogen) atoms. The molecule has 4 nitrogen and oxygen atoms in total. The Balaban J connectivity index is 1.74. The Kier molecular flexibility index (Phi) is 4.39. The first kappa shape index (κ1) is 15.2. The van der Waals surface area contributed by atoms with Crippen molar-refractivity contribution in [3.8, 4) is 16.2 Å². The van der Waals surface area contributed by atoms with Gasteiger partial charge < -0.3 is 9.47 Å². The first-order valence-electron chi connectivity index (χ1n) is 7.03. The molecule has 2 heterocycles. The third kappa shape index (κ3) is 3.57. The topological polar surface area (TPSA) is 48.4 Å². The number of rotatable bonds is 5. The zero-order valence-corrected chi connectivity index (χ0v) is 13.4. The van der Waals surface area contributed by atoms with E-state index >= 15 is 0 Å². The monoisotopic (exact) mass is 325 g/mol. The fraction of sp³-hybridized carbons (Fsp3) is 0.111. The molecule has 1 aromatic carbocycles. The molecule has 0 amide bonds. The van der Waals surface area contributed by atoms with Gasteiger partial charge in [-0.2, -0.15) is 0 Å². The molecule has 3 rings (SSSR count). The summed E-state index contributed by atoms with van der Waals surface area (Å²) in [6.45, 7) is 4.99. The number of ether oxygens (including phenoxy) is 2. The van der Waals surface area contributed by atoms with Crippen LogP contribution < -0.4 is 4.74 Å². The molecule has 0 bridgehead atoms. The van der Waals surface area contributed by atoms with E-state index in [0.29, 0.717) is 11.3 Å². The van der Waals surface area contributed by atoms with Crippen LogP contribution >= 0.6 is 11.3 Å². The Morgan fingerprint density at radius 1 is 1.30 bits per heavy atom. The standard InChI is InChI=1S/C18H15NO3S/c1-12(2)18(20)22-11-21-15-6-5-13-8-16(23-17(13)9-15)14-4-3-7-19-10-14/h3-10H,1,11H2,2H3. The summed E-state index contributed by atoms with van der Waals surface area (Å²) in [7, 11) is 0. The highest BCUT2D eigenvalue weighted by Crippen LogP contribution is 2.34. The molecule has 3 aromatic rings. The number of pyridine rings is 1. The van der Waals surface area contributed by atoms with Crippen LogP contribution in [-0.2, 0) is 9.53 Å². The van der Waals surface area contributed by atoms with Gasteiger partial charge in [-0.25, -0.2) is 4.79 Å². The van der Waals surface area contributed by atoms with Gasteiger partial charge in [0.25, 0.3) is 0 Å². The normalized spacial score (nSPS) is 10.5. The Bertz CT molecular complexity index is 855. The van der Waals surface area contributed by atoms with Crippen LogP contribution in [0.4, 0.5) is 0 Å². The second-order valence-corrected chi connectivity index (χ2v) is 6.11. The molecule has 0 aliphatic heterocycles. The summed E-state index contributed by atoms with van der Waals surface area (Å²) >= 11 is 1.67. The van der Waals surface area contributed by atoms with Gasteiger partial charge in [0.05, 0.1) is 0 Å². The molecule has 0 N–H and O–H groups in total. The van der Waals surface area contributed by atoms with Crippen molar-refractivity contribution in [1.82, 2.24) is 4.98 Å². The van der Waals surface area contributed by atoms with E-state index in [2.05, 4.69) is 17.6 Å². The first-order chi connectivity index (χ1) is 11.1. The van der Waals surface area contributed by atoms with Crippen molar-refractivity contribution >= 4 is 27.4 Å². The summed E-state index contributed by atoms with van der Waals surface area (Å²) < 4.78 is 11.5. The van der Waals surface area contributed by atoms with Gasteiger partial charge in [-0.05, 0) is 42.6 Å². The van der Waals surface area contributed by atoms with Gasteiger partial charge in [-0.15, -0.1) is 11.3 Å². The van der Waals surface area contributed by atoms with Crippen molar-refractivity contribution in [2.75, 3.05) is 6.79 Å². The Hall–Kier alpha value is -2.66. The third-order valence-electron chi connectivity index (χ3n) is 3.20. The van der Waals surface area contributed by atoms with Crippen LogP contribution in [0.15, 0.2) is 60.9 Å². The average molecular weight is 325 g/mol. The van der Waals surface area contributed by atoms with E-state index in [1.165, 1.54) is 0 Å². The van der Waals surface area contributed by atoms with Crippen molar-refractivity contribution in [1.29, 1.82) is 0 Å². The van der Waals surface area contributed by atoms with E-state index in [0.717, 1.165) is 20.5 Å². The molecule has 2 aromatic heterocycles. The van der Waals surface area contributed by atoms with Crippen LogP contribution in [0, 0.1) is 0 Å². The average Bonchev–Trinajstić information content (AvgIpc) is 2.98. The highest BCUT2D eigenvalue weighted by atomic mass is 32.1. The Morgan fingerprint density at radius 3 is 2.91 bits per heavy atom. The van der Waals surface area contributed by atoms with Gasteiger partial charge in [0.15, 0.2) is 0 Å². The molecule has 0 saturated heterocycles. The SMILES string of the molecule is C=C(C)C(=O)OCOc1ccc2cc(-c3cccnc3)sc2c1. The number of hydrogen-bond donors (Lipinski definition) is 0. The summed E-state index contributed by atoms with van der Waals surface area (Å²) in [6, 6.07) is 11.9. The molecule has 5 heteroatoms. The van der Waals surface area contributed by atoms with Crippen molar-refractivity contribution < 1.29 is 14.3 Å². The van der Waals surface area contributed by atoms with E-state index in [-0.39, 0.29) is 6.79 Å². The fourth-order valence-electron chi connectivity index (χ4n) is 2.03. The summed E-state index contributed by atoms with van der Waals surface area (Å²) in [5.41, 5.74) is 1.44. The van der Waals surface area contributed by atoms with Crippen molar-refractivity contribution in [3.63, 3.8) is 0 Å². The maximum absolute atomic E-state index is 11.3. The molecule has 0 fully saturated rings. The molecule has 0 saturated carbocycles. The highest BCUT2D eigenvalue weighted by molar-refractivity contribution is 7.22. The van der Waals surface area contributed by atoms with Crippen LogP contribution in [0.1, 0.15) is 6.92 Å². The number of carbonyl (C=O) groups excluding carboxylic acids is 1. The lowest BCUT2D eigenvalue weighted by atomic mass is 10.2. The van der Waals surface area contributed by atoms with Crippen LogP contribution in [-0.4, -0.2) is 17.7 Å². The quantitative estimate of drug-likeness (QED) is 0.396. The predicted octanol–water partition coefficient (Wildman–Crippen LogP) is 4.42. The number of thiophene rings is 1. The van der Waals surface area contributed by atoms with Gasteiger partial charge in [0.2, 0.25) is 6.79 Å². The van der Waals surface area contributed by atoms with Crippen LogP contribution in [0.2, 0.25) is 0 Å². The van der Waals surface area contributed by atoms with Crippen LogP contribution in [0.5, 0.6) is 5.75 Å². The maximum atomic E-state index is 11.3. The van der Waals surface area contributed by atoms with Crippen molar-refractivity contribution in [3.05, 3.63) is 60.9 Å². The molecule has 0 unspecified atom stereocenters. The second-order valence-electron chi connectivity index (χ2n) is 5.03. The molecule has 0 aliphatic rings. The van der Waals surface area contributed by atoms with Gasteiger partial charge in [0.1, 0.15) is 5.75 Å². The number of benzene rings is 1. The summed E-state index contributed by atoms with van der Waals surface area (Å²) in [5, 5.41) is 1.14. The predicted molar refractivity (Wildman–Crippen MR) is 91.5 cm³/mol. The zero-order valence-electron chi connectivity index (χ0n) is 12.6. The van der Waals surface area contributed by atoms with Gasteiger partial charge >= 0.3 is 5.97 Å². The van der Waals surface area contributed by atoms with E-state index < -0.39 is 5.97 Å².